The van der Waals surface area contributed by atoms with Gasteiger partial charge in [-0.15, -0.1) is 0 Å². The zero-order valence-electron chi connectivity index (χ0n) is 11.9. The van der Waals surface area contributed by atoms with Crippen molar-refractivity contribution in [1.82, 2.24) is 0 Å². The highest BCUT2D eigenvalue weighted by Gasteiger charge is 2.24. The molecule has 2 aromatic rings. The van der Waals surface area contributed by atoms with Crippen LogP contribution in [0.15, 0.2) is 20.8 Å². The number of rotatable bonds is 0. The molecule has 0 fully saturated rings. The van der Waals surface area contributed by atoms with Crippen molar-refractivity contribution >= 4 is 21.7 Å². The Hall–Kier alpha value is -1.09. The Balaban J connectivity index is 2.88. The maximum atomic E-state index is 11.8. The Labute approximate surface area is 112 Å². The molecule has 0 unspecified atom stereocenters. The van der Waals surface area contributed by atoms with Crippen LogP contribution in [-0.4, -0.2) is 0 Å². The summed E-state index contributed by atoms with van der Waals surface area (Å²) in [7, 11) is 0. The molecule has 18 heavy (non-hydrogen) atoms. The Kier molecular flexibility index (Phi) is 2.93. The van der Waals surface area contributed by atoms with Crippen molar-refractivity contribution in [2.45, 2.75) is 52.4 Å². The third-order valence-electron chi connectivity index (χ3n) is 3.18. The molecule has 0 radical (unpaired) electrons. The van der Waals surface area contributed by atoms with Gasteiger partial charge in [0.2, 0.25) is 0 Å². The minimum atomic E-state index is -0.216. The maximum Gasteiger partial charge on any atom is 0.356 e. The van der Waals surface area contributed by atoms with E-state index in [-0.39, 0.29) is 16.5 Å². The first-order valence-electron chi connectivity index (χ1n) is 6.18. The van der Waals surface area contributed by atoms with Gasteiger partial charge in [-0.1, -0.05) is 47.6 Å². The van der Waals surface area contributed by atoms with Crippen LogP contribution in [0.1, 0.15) is 52.7 Å². The van der Waals surface area contributed by atoms with Crippen molar-refractivity contribution in [1.29, 1.82) is 0 Å². The summed E-state index contributed by atoms with van der Waals surface area (Å²) in [5.41, 5.74) is 2.20. The van der Waals surface area contributed by atoms with Crippen LogP contribution in [0.25, 0.3) is 10.1 Å². The lowest BCUT2D eigenvalue weighted by Crippen LogP contribution is -2.17. The lowest BCUT2D eigenvalue weighted by atomic mass is 9.80. The van der Waals surface area contributed by atoms with E-state index >= 15 is 0 Å². The van der Waals surface area contributed by atoms with Crippen molar-refractivity contribution in [3.63, 3.8) is 0 Å². The summed E-state index contributed by atoms with van der Waals surface area (Å²) in [5, 5.41) is 0.720. The zero-order valence-corrected chi connectivity index (χ0v) is 12.7. The van der Waals surface area contributed by atoms with Crippen LogP contribution >= 0.6 is 11.6 Å². The fraction of sp³-hybridized carbons (Fsp3) is 0.533. The van der Waals surface area contributed by atoms with Crippen molar-refractivity contribution in [2.24, 2.45) is 0 Å². The van der Waals surface area contributed by atoms with Gasteiger partial charge in [-0.3, -0.25) is 0 Å². The molecule has 0 aliphatic rings. The molecule has 2 nitrogen and oxygen atoms in total. The molecule has 2 rings (SSSR count). The van der Waals surface area contributed by atoms with E-state index in [1.54, 1.807) is 0 Å². The largest absolute Gasteiger partial charge is 0.361 e. The molecule has 98 valence electrons. The molecule has 0 bridgehead atoms. The fourth-order valence-electron chi connectivity index (χ4n) is 1.98. The van der Waals surface area contributed by atoms with Crippen LogP contribution in [0.3, 0.4) is 0 Å². The average Bonchev–Trinajstić information content (AvgIpc) is 2.56. The second-order valence-corrected chi connectivity index (χ2v) is 7.60. The summed E-state index contributed by atoms with van der Waals surface area (Å²) >= 11 is 1.20. The molecule has 0 saturated heterocycles. The van der Waals surface area contributed by atoms with Crippen molar-refractivity contribution in [3.8, 4) is 0 Å². The van der Waals surface area contributed by atoms with Gasteiger partial charge in [-0.25, -0.2) is 4.79 Å². The van der Waals surface area contributed by atoms with Gasteiger partial charge in [0.1, 0.15) is 0 Å². The van der Waals surface area contributed by atoms with Crippen molar-refractivity contribution in [2.75, 3.05) is 0 Å². The standard InChI is InChI=1S/C15H20O2S/c1-14(2,3)9-7-10-12(18-17-13(10)16)11(8-9)15(4,5)6/h7-8H,1-6H3. The Morgan fingerprint density at radius 1 is 1.00 bits per heavy atom. The fourth-order valence-corrected chi connectivity index (χ4v) is 2.92. The van der Waals surface area contributed by atoms with Crippen LogP contribution in [0.5, 0.6) is 0 Å². The molecule has 0 atom stereocenters. The molecule has 0 aliphatic carbocycles. The summed E-state index contributed by atoms with van der Waals surface area (Å²) in [5.74, 6) is 0. The summed E-state index contributed by atoms with van der Waals surface area (Å²) in [4.78, 5) is 11.8. The van der Waals surface area contributed by atoms with E-state index in [0.29, 0.717) is 0 Å². The predicted octanol–water partition coefficient (Wildman–Crippen LogP) is 4.45. The highest BCUT2D eigenvalue weighted by Crippen LogP contribution is 2.36. The second kappa shape index (κ2) is 3.95. The van der Waals surface area contributed by atoms with Crippen LogP contribution in [0.4, 0.5) is 0 Å². The highest BCUT2D eigenvalue weighted by atomic mass is 32.1. The zero-order chi connectivity index (χ0) is 13.7. The summed E-state index contributed by atoms with van der Waals surface area (Å²) in [6.45, 7) is 13.0. The second-order valence-electron chi connectivity index (χ2n) is 6.85. The van der Waals surface area contributed by atoms with Gasteiger partial charge in [0.05, 0.1) is 10.1 Å². The Morgan fingerprint density at radius 2 is 1.61 bits per heavy atom. The third kappa shape index (κ3) is 2.24. The molecule has 3 heteroatoms. The Bertz CT molecular complexity index is 633. The average molecular weight is 264 g/mol. The van der Waals surface area contributed by atoms with Gasteiger partial charge in [0.25, 0.3) is 0 Å². The van der Waals surface area contributed by atoms with Gasteiger partial charge in [-0.05, 0) is 28.0 Å². The molecule has 1 aromatic heterocycles. The quantitative estimate of drug-likeness (QED) is 0.703. The first-order valence-corrected chi connectivity index (χ1v) is 6.93. The normalized spacial score (nSPS) is 13.2. The number of benzene rings is 1. The number of hydrogen-bond donors (Lipinski definition) is 0. The van der Waals surface area contributed by atoms with E-state index in [2.05, 4.69) is 47.6 Å². The first kappa shape index (κ1) is 13.3. The van der Waals surface area contributed by atoms with Gasteiger partial charge >= 0.3 is 5.63 Å². The summed E-state index contributed by atoms with van der Waals surface area (Å²) < 4.78 is 6.09. The minimum absolute atomic E-state index is 0.00627. The van der Waals surface area contributed by atoms with E-state index in [1.807, 2.05) is 6.07 Å². The number of fused-ring (bicyclic) bond motifs is 1. The van der Waals surface area contributed by atoms with E-state index in [4.69, 9.17) is 3.85 Å². The van der Waals surface area contributed by atoms with Crippen molar-refractivity contribution in [3.05, 3.63) is 33.7 Å². The molecule has 0 aliphatic heterocycles. The van der Waals surface area contributed by atoms with Gasteiger partial charge < -0.3 is 3.85 Å². The predicted molar refractivity (Wildman–Crippen MR) is 77.8 cm³/mol. The van der Waals surface area contributed by atoms with Gasteiger partial charge in [-0.2, -0.15) is 0 Å². The van der Waals surface area contributed by atoms with Crippen LogP contribution in [0, 0.1) is 0 Å². The van der Waals surface area contributed by atoms with E-state index < -0.39 is 0 Å². The minimum Gasteiger partial charge on any atom is -0.361 e. The SMILES string of the molecule is CC(C)(C)c1cc(C(C)(C)C)c2soc(=O)c2c1. The van der Waals surface area contributed by atoms with E-state index in [1.165, 1.54) is 22.8 Å². The third-order valence-corrected chi connectivity index (χ3v) is 4.02. The summed E-state index contributed by atoms with van der Waals surface area (Å²) in [6, 6.07) is 4.20. The summed E-state index contributed by atoms with van der Waals surface area (Å²) in [6.07, 6.45) is 0. The number of hydrogen-bond acceptors (Lipinski definition) is 3. The van der Waals surface area contributed by atoms with Crippen LogP contribution in [0.2, 0.25) is 0 Å². The molecular formula is C15H20O2S. The van der Waals surface area contributed by atoms with Gasteiger partial charge in [0.15, 0.2) is 0 Å². The molecular weight excluding hydrogens is 244 g/mol. The monoisotopic (exact) mass is 264 g/mol. The lowest BCUT2D eigenvalue weighted by Gasteiger charge is -2.25. The molecule has 0 N–H and O–H groups in total. The molecule has 0 spiro atoms. The molecule has 1 heterocycles. The van der Waals surface area contributed by atoms with Crippen molar-refractivity contribution < 1.29 is 3.85 Å². The van der Waals surface area contributed by atoms with E-state index in [9.17, 15) is 4.79 Å². The Morgan fingerprint density at radius 3 is 2.11 bits per heavy atom. The molecule has 0 amide bonds. The topological polar surface area (TPSA) is 30.2 Å². The van der Waals surface area contributed by atoms with E-state index in [0.717, 1.165) is 10.1 Å². The molecule has 1 aromatic carbocycles. The van der Waals surface area contributed by atoms with Crippen LogP contribution < -0.4 is 5.63 Å². The van der Waals surface area contributed by atoms with Crippen LogP contribution in [-0.2, 0) is 10.8 Å². The first-order chi connectivity index (χ1) is 8.10. The van der Waals surface area contributed by atoms with Gasteiger partial charge in [0, 0.05) is 11.6 Å². The maximum absolute atomic E-state index is 11.8. The molecule has 0 saturated carbocycles. The smallest absolute Gasteiger partial charge is 0.356 e. The highest BCUT2D eigenvalue weighted by molar-refractivity contribution is 7.11. The lowest BCUT2D eigenvalue weighted by molar-refractivity contribution is 0.573.